The molecule has 1 aliphatic rings. The van der Waals surface area contributed by atoms with E-state index in [0.717, 1.165) is 41.8 Å². The Labute approximate surface area is 213 Å². The van der Waals surface area contributed by atoms with Gasteiger partial charge in [0.15, 0.2) is 0 Å². The van der Waals surface area contributed by atoms with E-state index in [1.54, 1.807) is 24.3 Å². The average Bonchev–Trinajstić information content (AvgIpc) is 2.83. The molecule has 3 rings (SSSR count). The quantitative estimate of drug-likeness (QED) is 0.505. The summed E-state index contributed by atoms with van der Waals surface area (Å²) in [5, 5.41) is 3.60. The normalized spacial score (nSPS) is 15.3. The third-order valence-electron chi connectivity index (χ3n) is 6.33. The highest BCUT2D eigenvalue weighted by atomic mass is 35.5. The molecule has 1 saturated carbocycles. The Balaban J connectivity index is 1.88. The summed E-state index contributed by atoms with van der Waals surface area (Å²) in [7, 11) is -3.77. The molecule has 1 aliphatic carbocycles. The summed E-state index contributed by atoms with van der Waals surface area (Å²) in [5.74, 6) is -0.638. The second-order valence-electron chi connectivity index (χ2n) is 9.02. The van der Waals surface area contributed by atoms with E-state index in [-0.39, 0.29) is 18.5 Å². The van der Waals surface area contributed by atoms with Gasteiger partial charge in [-0.3, -0.25) is 13.9 Å². The van der Waals surface area contributed by atoms with E-state index in [1.165, 1.54) is 11.3 Å². The number of hydrogen-bond donors (Lipinski definition) is 1. The van der Waals surface area contributed by atoms with Crippen molar-refractivity contribution in [1.29, 1.82) is 0 Å². The zero-order valence-corrected chi connectivity index (χ0v) is 21.9. The lowest BCUT2D eigenvalue weighted by atomic mass is 9.95. The van der Waals surface area contributed by atoms with Gasteiger partial charge in [-0.25, -0.2) is 8.42 Å². The summed E-state index contributed by atoms with van der Waals surface area (Å²) in [6, 6.07) is 15.1. The van der Waals surface area contributed by atoms with Crippen LogP contribution in [0.4, 0.5) is 5.69 Å². The molecule has 35 heavy (non-hydrogen) atoms. The molecule has 1 unspecified atom stereocenters. The molecule has 1 N–H and O–H groups in total. The van der Waals surface area contributed by atoms with Crippen molar-refractivity contribution in [2.75, 3.05) is 17.1 Å². The van der Waals surface area contributed by atoms with Gasteiger partial charge in [-0.15, -0.1) is 0 Å². The lowest BCUT2D eigenvalue weighted by molar-refractivity contribution is -0.140. The van der Waals surface area contributed by atoms with Gasteiger partial charge in [-0.05, 0) is 49.1 Å². The van der Waals surface area contributed by atoms with E-state index in [1.807, 2.05) is 37.3 Å². The topological polar surface area (TPSA) is 86.8 Å². The molecule has 0 spiro atoms. The maximum absolute atomic E-state index is 13.7. The maximum atomic E-state index is 13.7. The van der Waals surface area contributed by atoms with Crippen LogP contribution in [-0.2, 0) is 26.2 Å². The Morgan fingerprint density at radius 3 is 2.23 bits per heavy atom. The fraction of sp³-hybridized carbons (Fsp3) is 0.462. The molecule has 2 aromatic carbocycles. The molecule has 2 amide bonds. The predicted octanol–water partition coefficient (Wildman–Crippen LogP) is 4.36. The highest BCUT2D eigenvalue weighted by Crippen LogP contribution is 2.22. The first kappa shape index (κ1) is 27.0. The highest BCUT2D eigenvalue weighted by molar-refractivity contribution is 7.92. The van der Waals surface area contributed by atoms with Gasteiger partial charge in [0.2, 0.25) is 21.8 Å². The molecule has 1 fully saturated rings. The smallest absolute Gasteiger partial charge is 0.244 e. The van der Waals surface area contributed by atoms with Crippen LogP contribution in [0.1, 0.15) is 51.0 Å². The zero-order chi connectivity index (χ0) is 25.4. The molecule has 0 aliphatic heterocycles. The molecule has 0 aromatic heterocycles. The van der Waals surface area contributed by atoms with Crippen LogP contribution >= 0.6 is 11.6 Å². The fourth-order valence-electron chi connectivity index (χ4n) is 4.46. The van der Waals surface area contributed by atoms with Crippen LogP contribution in [-0.4, -0.2) is 50.0 Å². The Morgan fingerprint density at radius 2 is 1.66 bits per heavy atom. The van der Waals surface area contributed by atoms with Gasteiger partial charge in [0.05, 0.1) is 11.9 Å². The Hall–Kier alpha value is -2.58. The third kappa shape index (κ3) is 7.70. The van der Waals surface area contributed by atoms with E-state index in [4.69, 9.17) is 11.6 Å². The van der Waals surface area contributed by atoms with Crippen LogP contribution in [0, 0.1) is 0 Å². The predicted molar refractivity (Wildman–Crippen MR) is 140 cm³/mol. The summed E-state index contributed by atoms with van der Waals surface area (Å²) in [5.41, 5.74) is 1.20. The van der Waals surface area contributed by atoms with E-state index in [0.29, 0.717) is 17.1 Å². The van der Waals surface area contributed by atoms with Crippen LogP contribution < -0.4 is 9.62 Å². The van der Waals surface area contributed by atoms with E-state index in [2.05, 4.69) is 5.32 Å². The number of halogens is 1. The standard InChI is InChI=1S/C26H34ClN3O4S/c1-3-24(26(32)28-22-12-8-5-9-13-22)29(18-20-10-6-4-7-11-20)25(31)19-30(35(2,33)34)23-16-14-21(27)15-17-23/h4,6-7,10-11,14-17,22,24H,3,5,8-9,12-13,18-19H2,1-2H3,(H,28,32). The van der Waals surface area contributed by atoms with Crippen molar-refractivity contribution in [3.63, 3.8) is 0 Å². The minimum atomic E-state index is -3.77. The van der Waals surface area contributed by atoms with E-state index in [9.17, 15) is 18.0 Å². The Kier molecular flexibility index (Phi) is 9.57. The largest absolute Gasteiger partial charge is 0.352 e. The number of carbonyl (C=O) groups excluding carboxylic acids is 2. The maximum Gasteiger partial charge on any atom is 0.244 e. The van der Waals surface area contributed by atoms with Crippen molar-refractivity contribution in [3.05, 3.63) is 65.2 Å². The summed E-state index contributed by atoms with van der Waals surface area (Å²) in [4.78, 5) is 28.5. The second kappa shape index (κ2) is 12.4. The number of rotatable bonds is 10. The lowest BCUT2D eigenvalue weighted by Gasteiger charge is -2.34. The van der Waals surface area contributed by atoms with Gasteiger partial charge >= 0.3 is 0 Å². The molecular weight excluding hydrogens is 486 g/mol. The highest BCUT2D eigenvalue weighted by Gasteiger charge is 2.32. The fourth-order valence-corrected chi connectivity index (χ4v) is 5.44. The number of anilines is 1. The van der Waals surface area contributed by atoms with Crippen molar-refractivity contribution >= 4 is 39.1 Å². The van der Waals surface area contributed by atoms with Crippen molar-refractivity contribution in [1.82, 2.24) is 10.2 Å². The van der Waals surface area contributed by atoms with Gasteiger partial charge in [-0.2, -0.15) is 0 Å². The van der Waals surface area contributed by atoms with Crippen molar-refractivity contribution < 1.29 is 18.0 Å². The Morgan fingerprint density at radius 1 is 1.03 bits per heavy atom. The number of hydrogen-bond acceptors (Lipinski definition) is 4. The third-order valence-corrected chi connectivity index (χ3v) is 7.72. The number of sulfonamides is 1. The van der Waals surface area contributed by atoms with Gasteiger partial charge in [0.25, 0.3) is 0 Å². The van der Waals surface area contributed by atoms with E-state index < -0.39 is 28.5 Å². The zero-order valence-electron chi connectivity index (χ0n) is 20.3. The number of benzene rings is 2. The molecule has 9 heteroatoms. The van der Waals surface area contributed by atoms with Crippen LogP contribution in [0.5, 0.6) is 0 Å². The summed E-state index contributed by atoms with van der Waals surface area (Å²) in [6.07, 6.45) is 6.69. The molecule has 190 valence electrons. The number of amides is 2. The van der Waals surface area contributed by atoms with Gasteiger partial charge in [0.1, 0.15) is 12.6 Å². The minimum absolute atomic E-state index is 0.112. The summed E-state index contributed by atoms with van der Waals surface area (Å²) < 4.78 is 26.3. The van der Waals surface area contributed by atoms with Crippen molar-refractivity contribution in [2.24, 2.45) is 0 Å². The molecule has 0 heterocycles. The molecule has 7 nitrogen and oxygen atoms in total. The van der Waals surface area contributed by atoms with Crippen molar-refractivity contribution in [3.8, 4) is 0 Å². The van der Waals surface area contributed by atoms with Gasteiger partial charge in [0, 0.05) is 17.6 Å². The minimum Gasteiger partial charge on any atom is -0.352 e. The van der Waals surface area contributed by atoms with Crippen LogP contribution in [0.25, 0.3) is 0 Å². The molecule has 0 bridgehead atoms. The molecule has 1 atom stereocenters. The summed E-state index contributed by atoms with van der Waals surface area (Å²) in [6.45, 7) is 1.65. The number of nitrogens with one attached hydrogen (secondary N) is 1. The lowest BCUT2D eigenvalue weighted by Crippen LogP contribution is -2.53. The van der Waals surface area contributed by atoms with E-state index >= 15 is 0 Å². The molecule has 0 saturated heterocycles. The van der Waals surface area contributed by atoms with Crippen LogP contribution in [0.2, 0.25) is 5.02 Å². The first-order chi connectivity index (χ1) is 16.7. The van der Waals surface area contributed by atoms with Gasteiger partial charge < -0.3 is 10.2 Å². The number of carbonyl (C=O) groups is 2. The Bertz CT molecular complexity index is 1090. The molecule has 2 aromatic rings. The van der Waals surface area contributed by atoms with Crippen molar-refractivity contribution in [2.45, 2.75) is 64.1 Å². The summed E-state index contributed by atoms with van der Waals surface area (Å²) >= 11 is 5.96. The number of nitrogens with zero attached hydrogens (tertiary/aromatic N) is 2. The van der Waals surface area contributed by atoms with Crippen LogP contribution in [0.15, 0.2) is 54.6 Å². The van der Waals surface area contributed by atoms with Gasteiger partial charge in [-0.1, -0.05) is 68.1 Å². The first-order valence-corrected chi connectivity index (χ1v) is 14.3. The monoisotopic (exact) mass is 519 g/mol. The first-order valence-electron chi connectivity index (χ1n) is 12.1. The molecule has 0 radical (unpaired) electrons. The molecular formula is C26H34ClN3O4S. The SMILES string of the molecule is CCC(C(=O)NC1CCCCC1)N(Cc1ccccc1)C(=O)CN(c1ccc(Cl)cc1)S(C)(=O)=O. The van der Waals surface area contributed by atoms with Crippen LogP contribution in [0.3, 0.4) is 0 Å². The second-order valence-corrected chi connectivity index (χ2v) is 11.4. The average molecular weight is 520 g/mol.